The fourth-order valence-electron chi connectivity index (χ4n) is 0.914. The molecule has 0 radical (unpaired) electrons. The first kappa shape index (κ1) is 10.1. The van der Waals surface area contributed by atoms with E-state index in [1.807, 2.05) is 0 Å². The summed E-state index contributed by atoms with van der Waals surface area (Å²) in [6, 6.07) is 6.41. The van der Waals surface area contributed by atoms with E-state index in [1.165, 1.54) is 6.07 Å². The molecule has 0 spiro atoms. The monoisotopic (exact) mass is 191 g/mol. The van der Waals surface area contributed by atoms with Crippen LogP contribution in [0.25, 0.3) is 0 Å². The first-order chi connectivity index (χ1) is 6.75. The van der Waals surface area contributed by atoms with Crippen LogP contribution in [0.2, 0.25) is 0 Å². The number of carbonyl (C=O) groups is 1. The Morgan fingerprint density at radius 3 is 2.93 bits per heavy atom. The van der Waals surface area contributed by atoms with Gasteiger partial charge in [0.15, 0.2) is 0 Å². The predicted molar refractivity (Wildman–Crippen MR) is 51.8 cm³/mol. The maximum Gasteiger partial charge on any atom is 0.337 e. The lowest BCUT2D eigenvalue weighted by molar-refractivity contribution is 0.0696. The van der Waals surface area contributed by atoms with Crippen LogP contribution in [0.4, 0.5) is 5.69 Å². The number of carboxylic acids is 1. The molecule has 2 N–H and O–H groups in total. The molecule has 1 rings (SSSR count). The Balaban J connectivity index is 2.75. The third kappa shape index (κ3) is 2.51. The van der Waals surface area contributed by atoms with Crippen LogP contribution in [-0.4, -0.2) is 17.7 Å². The Kier molecular flexibility index (Phi) is 3.53. The molecule has 4 nitrogen and oxygen atoms in total. The van der Waals surface area contributed by atoms with Gasteiger partial charge >= 0.3 is 5.97 Å². The number of terminal acetylenes is 1. The Bertz CT molecular complexity index is 368. The van der Waals surface area contributed by atoms with Crippen LogP contribution < -0.4 is 5.48 Å². The normalized spacial score (nSPS) is 9.07. The quantitative estimate of drug-likeness (QED) is 0.428. The molecule has 0 heterocycles. The third-order valence-electron chi connectivity index (χ3n) is 1.50. The molecule has 0 unspecified atom stereocenters. The average Bonchev–Trinajstić information content (AvgIpc) is 2.19. The molecular formula is C10H9NO3. The number of hydrogen-bond acceptors (Lipinski definition) is 3. The van der Waals surface area contributed by atoms with Crippen molar-refractivity contribution in [1.82, 2.24) is 0 Å². The number of carboxylic acid groups (broad SMARTS) is 1. The molecule has 4 heteroatoms. The van der Waals surface area contributed by atoms with Gasteiger partial charge in [-0.05, 0) is 12.1 Å². The molecule has 0 amide bonds. The fraction of sp³-hybridized carbons (Fsp3) is 0.100. The van der Waals surface area contributed by atoms with Crippen molar-refractivity contribution in [2.45, 2.75) is 0 Å². The highest BCUT2D eigenvalue weighted by Gasteiger charge is 2.07. The average molecular weight is 191 g/mol. The number of rotatable bonds is 4. The van der Waals surface area contributed by atoms with Crippen molar-refractivity contribution in [1.29, 1.82) is 0 Å². The summed E-state index contributed by atoms with van der Waals surface area (Å²) >= 11 is 0. The fourth-order valence-corrected chi connectivity index (χ4v) is 0.914. The van der Waals surface area contributed by atoms with Crippen molar-refractivity contribution in [2.75, 3.05) is 12.1 Å². The zero-order chi connectivity index (χ0) is 10.4. The summed E-state index contributed by atoms with van der Waals surface area (Å²) in [6.07, 6.45) is 4.96. The van der Waals surface area contributed by atoms with Gasteiger partial charge in [0.25, 0.3) is 0 Å². The van der Waals surface area contributed by atoms with Crippen LogP contribution >= 0.6 is 0 Å². The Morgan fingerprint density at radius 2 is 2.29 bits per heavy atom. The molecule has 0 aliphatic carbocycles. The highest BCUT2D eigenvalue weighted by atomic mass is 16.6. The summed E-state index contributed by atoms with van der Waals surface area (Å²) < 4.78 is 0. The summed E-state index contributed by atoms with van der Waals surface area (Å²) in [5, 5.41) is 8.79. The lowest BCUT2D eigenvalue weighted by Gasteiger charge is -2.06. The number of benzene rings is 1. The maximum atomic E-state index is 10.7. The first-order valence-electron chi connectivity index (χ1n) is 3.89. The second kappa shape index (κ2) is 4.90. The van der Waals surface area contributed by atoms with Gasteiger partial charge in [-0.2, -0.15) is 0 Å². The summed E-state index contributed by atoms with van der Waals surface area (Å²) in [7, 11) is 0. The smallest absolute Gasteiger partial charge is 0.337 e. The molecule has 72 valence electrons. The van der Waals surface area contributed by atoms with Gasteiger partial charge in [-0.1, -0.05) is 18.1 Å². The van der Waals surface area contributed by atoms with Gasteiger partial charge in [-0.3, -0.25) is 10.3 Å². The van der Waals surface area contributed by atoms with Gasteiger partial charge in [-0.25, -0.2) is 4.79 Å². The first-order valence-corrected chi connectivity index (χ1v) is 3.89. The van der Waals surface area contributed by atoms with E-state index < -0.39 is 5.97 Å². The van der Waals surface area contributed by atoms with Crippen LogP contribution in [0.3, 0.4) is 0 Å². The minimum absolute atomic E-state index is 0.0773. The van der Waals surface area contributed by atoms with Crippen molar-refractivity contribution in [3.63, 3.8) is 0 Å². The highest BCUT2D eigenvalue weighted by Crippen LogP contribution is 2.14. The zero-order valence-electron chi connectivity index (χ0n) is 7.36. The topological polar surface area (TPSA) is 58.6 Å². The van der Waals surface area contributed by atoms with Crippen molar-refractivity contribution >= 4 is 11.7 Å². The van der Waals surface area contributed by atoms with Gasteiger partial charge in [0.1, 0.15) is 6.61 Å². The summed E-state index contributed by atoms with van der Waals surface area (Å²) in [5.41, 5.74) is 3.00. The van der Waals surface area contributed by atoms with Crippen molar-refractivity contribution in [2.24, 2.45) is 0 Å². The van der Waals surface area contributed by atoms with E-state index in [9.17, 15) is 4.79 Å². The Morgan fingerprint density at radius 1 is 1.57 bits per heavy atom. The number of nitrogens with one attached hydrogen (secondary N) is 1. The van der Waals surface area contributed by atoms with E-state index in [1.54, 1.807) is 18.2 Å². The lowest BCUT2D eigenvalue weighted by atomic mass is 10.2. The summed E-state index contributed by atoms with van der Waals surface area (Å²) in [6.45, 7) is 0.0773. The number of anilines is 1. The van der Waals surface area contributed by atoms with E-state index in [4.69, 9.17) is 16.4 Å². The molecule has 0 aromatic heterocycles. The number of aromatic carboxylic acids is 1. The largest absolute Gasteiger partial charge is 0.478 e. The Labute approximate surface area is 81.5 Å². The van der Waals surface area contributed by atoms with Crippen LogP contribution in [0, 0.1) is 12.3 Å². The third-order valence-corrected chi connectivity index (χ3v) is 1.50. The zero-order valence-corrected chi connectivity index (χ0v) is 7.36. The van der Waals surface area contributed by atoms with Crippen molar-refractivity contribution in [3.05, 3.63) is 29.8 Å². The molecule has 0 atom stereocenters. The van der Waals surface area contributed by atoms with E-state index in [2.05, 4.69) is 11.4 Å². The molecule has 0 saturated carbocycles. The van der Waals surface area contributed by atoms with Gasteiger partial charge in [0.05, 0.1) is 11.3 Å². The number of hydrogen-bond donors (Lipinski definition) is 2. The van der Waals surface area contributed by atoms with Gasteiger partial charge in [-0.15, -0.1) is 6.42 Å². The lowest BCUT2D eigenvalue weighted by Crippen LogP contribution is -2.07. The van der Waals surface area contributed by atoms with Gasteiger partial charge < -0.3 is 5.11 Å². The molecule has 1 aromatic carbocycles. The van der Waals surface area contributed by atoms with Crippen LogP contribution in [0.1, 0.15) is 10.4 Å². The molecule has 0 aliphatic rings. The van der Waals surface area contributed by atoms with Crippen LogP contribution in [-0.2, 0) is 4.84 Å². The molecule has 1 aromatic rings. The summed E-state index contributed by atoms with van der Waals surface area (Å²) in [5.74, 6) is 1.24. The second-order valence-electron chi connectivity index (χ2n) is 2.45. The van der Waals surface area contributed by atoms with E-state index in [-0.39, 0.29) is 12.2 Å². The molecule has 0 fully saturated rings. The second-order valence-corrected chi connectivity index (χ2v) is 2.45. The molecule has 0 aliphatic heterocycles. The summed E-state index contributed by atoms with van der Waals surface area (Å²) in [4.78, 5) is 15.5. The van der Waals surface area contributed by atoms with Crippen molar-refractivity contribution < 1.29 is 14.7 Å². The highest BCUT2D eigenvalue weighted by molar-refractivity contribution is 5.93. The van der Waals surface area contributed by atoms with E-state index >= 15 is 0 Å². The van der Waals surface area contributed by atoms with Crippen LogP contribution in [0.15, 0.2) is 24.3 Å². The SMILES string of the molecule is C#CCONc1ccccc1C(=O)O. The standard InChI is InChI=1S/C10H9NO3/c1-2-7-14-11-9-6-4-3-5-8(9)10(12)13/h1,3-6,11H,7H2,(H,12,13). The molecule has 0 saturated heterocycles. The van der Waals surface area contributed by atoms with Crippen molar-refractivity contribution in [3.8, 4) is 12.3 Å². The molecular weight excluding hydrogens is 182 g/mol. The minimum atomic E-state index is -1.02. The van der Waals surface area contributed by atoms with Gasteiger partial charge in [0, 0.05) is 0 Å². The van der Waals surface area contributed by atoms with E-state index in [0.717, 1.165) is 0 Å². The number of para-hydroxylation sites is 1. The van der Waals surface area contributed by atoms with Crippen LogP contribution in [0.5, 0.6) is 0 Å². The predicted octanol–water partition coefficient (Wildman–Crippen LogP) is 1.36. The molecule has 14 heavy (non-hydrogen) atoms. The minimum Gasteiger partial charge on any atom is -0.478 e. The van der Waals surface area contributed by atoms with E-state index in [0.29, 0.717) is 5.69 Å². The maximum absolute atomic E-state index is 10.7. The van der Waals surface area contributed by atoms with Gasteiger partial charge in [0.2, 0.25) is 0 Å². The Hall–Kier alpha value is -1.99. The molecule has 0 bridgehead atoms.